The van der Waals surface area contributed by atoms with Gasteiger partial charge >= 0.3 is 12.0 Å². The minimum absolute atomic E-state index is 0.210. The molecular formula is C14H14F3N3O2. The summed E-state index contributed by atoms with van der Waals surface area (Å²) >= 11 is 0. The molecule has 1 aromatic carbocycles. The SMILES string of the molecule is CC(C)Cn1cc([N+](=O)[O-])nc1-c1ccc(C(F)(F)F)cc1. The summed E-state index contributed by atoms with van der Waals surface area (Å²) < 4.78 is 39.3. The Labute approximate surface area is 124 Å². The summed E-state index contributed by atoms with van der Waals surface area (Å²) in [6, 6.07) is 4.42. The maximum atomic E-state index is 12.6. The summed E-state index contributed by atoms with van der Waals surface area (Å²) in [5.41, 5.74) is -0.366. The molecule has 0 aliphatic rings. The average Bonchev–Trinajstić information content (AvgIpc) is 2.81. The molecule has 1 heterocycles. The number of nitro groups is 1. The zero-order chi connectivity index (χ0) is 16.5. The fourth-order valence-electron chi connectivity index (χ4n) is 2.06. The number of hydrogen-bond acceptors (Lipinski definition) is 3. The average molecular weight is 313 g/mol. The molecule has 0 spiro atoms. The molecule has 5 nitrogen and oxygen atoms in total. The summed E-state index contributed by atoms with van der Waals surface area (Å²) in [7, 11) is 0. The van der Waals surface area contributed by atoms with Crippen LogP contribution in [0.15, 0.2) is 30.5 Å². The van der Waals surface area contributed by atoms with Gasteiger partial charge in [0, 0.05) is 12.1 Å². The Kier molecular flexibility index (Phi) is 4.20. The van der Waals surface area contributed by atoms with E-state index in [2.05, 4.69) is 4.98 Å². The largest absolute Gasteiger partial charge is 0.416 e. The third kappa shape index (κ3) is 3.44. The molecule has 2 rings (SSSR count). The normalized spacial score (nSPS) is 11.9. The highest BCUT2D eigenvalue weighted by molar-refractivity contribution is 5.58. The van der Waals surface area contributed by atoms with Gasteiger partial charge < -0.3 is 14.7 Å². The Balaban J connectivity index is 2.44. The summed E-state index contributed by atoms with van der Waals surface area (Å²) in [5, 5.41) is 10.9. The van der Waals surface area contributed by atoms with Gasteiger partial charge in [0.25, 0.3) is 5.82 Å². The number of aromatic nitrogens is 2. The van der Waals surface area contributed by atoms with E-state index in [1.807, 2.05) is 13.8 Å². The second-order valence-electron chi connectivity index (χ2n) is 5.30. The molecule has 0 fully saturated rings. The van der Waals surface area contributed by atoms with Gasteiger partial charge in [-0.05, 0) is 40.1 Å². The zero-order valence-electron chi connectivity index (χ0n) is 12.0. The molecule has 0 radical (unpaired) electrons. The molecule has 1 aromatic heterocycles. The van der Waals surface area contributed by atoms with Gasteiger partial charge in [-0.25, -0.2) is 0 Å². The first-order chi connectivity index (χ1) is 10.2. The van der Waals surface area contributed by atoms with Gasteiger partial charge in [-0.1, -0.05) is 13.8 Å². The lowest BCUT2D eigenvalue weighted by Crippen LogP contribution is -2.06. The van der Waals surface area contributed by atoms with E-state index >= 15 is 0 Å². The molecule has 0 saturated carbocycles. The fraction of sp³-hybridized carbons (Fsp3) is 0.357. The van der Waals surface area contributed by atoms with Crippen LogP contribution in [0.4, 0.5) is 19.0 Å². The number of halogens is 3. The molecule has 22 heavy (non-hydrogen) atoms. The van der Waals surface area contributed by atoms with E-state index in [0.29, 0.717) is 12.1 Å². The highest BCUT2D eigenvalue weighted by Gasteiger charge is 2.30. The summed E-state index contributed by atoms with van der Waals surface area (Å²) in [6.45, 7) is 4.35. The lowest BCUT2D eigenvalue weighted by molar-refractivity contribution is -0.389. The van der Waals surface area contributed by atoms with Crippen molar-refractivity contribution in [1.29, 1.82) is 0 Å². The van der Waals surface area contributed by atoms with Crippen molar-refractivity contribution in [3.8, 4) is 11.4 Å². The van der Waals surface area contributed by atoms with Crippen LogP contribution in [0.25, 0.3) is 11.4 Å². The van der Waals surface area contributed by atoms with Crippen molar-refractivity contribution in [2.24, 2.45) is 5.92 Å². The van der Waals surface area contributed by atoms with Crippen LogP contribution < -0.4 is 0 Å². The third-order valence-electron chi connectivity index (χ3n) is 2.98. The number of imidazole rings is 1. The highest BCUT2D eigenvalue weighted by atomic mass is 19.4. The Bertz CT molecular complexity index is 676. The van der Waals surface area contributed by atoms with Crippen molar-refractivity contribution in [3.63, 3.8) is 0 Å². The van der Waals surface area contributed by atoms with Gasteiger partial charge in [0.1, 0.15) is 6.20 Å². The van der Waals surface area contributed by atoms with E-state index in [9.17, 15) is 23.3 Å². The molecule has 0 unspecified atom stereocenters. The number of rotatable bonds is 4. The van der Waals surface area contributed by atoms with Crippen molar-refractivity contribution in [1.82, 2.24) is 9.55 Å². The van der Waals surface area contributed by atoms with Crippen molar-refractivity contribution >= 4 is 5.82 Å². The Morgan fingerprint density at radius 3 is 2.32 bits per heavy atom. The first-order valence-corrected chi connectivity index (χ1v) is 6.57. The van der Waals surface area contributed by atoms with Gasteiger partial charge in [-0.3, -0.25) is 0 Å². The van der Waals surface area contributed by atoms with E-state index < -0.39 is 16.7 Å². The summed E-state index contributed by atoms with van der Waals surface area (Å²) in [4.78, 5) is 14.1. The Morgan fingerprint density at radius 1 is 1.27 bits per heavy atom. The van der Waals surface area contributed by atoms with Crippen LogP contribution in [0.5, 0.6) is 0 Å². The molecule has 118 valence electrons. The topological polar surface area (TPSA) is 61.0 Å². The van der Waals surface area contributed by atoms with Gasteiger partial charge in [-0.2, -0.15) is 13.2 Å². The predicted octanol–water partition coefficient (Wildman–Crippen LogP) is 4.13. The fourth-order valence-corrected chi connectivity index (χ4v) is 2.06. The zero-order valence-corrected chi connectivity index (χ0v) is 12.0. The molecule has 0 amide bonds. The van der Waals surface area contributed by atoms with Crippen LogP contribution in [0.2, 0.25) is 0 Å². The van der Waals surface area contributed by atoms with Crippen LogP contribution in [0, 0.1) is 16.0 Å². The highest BCUT2D eigenvalue weighted by Crippen LogP contribution is 2.31. The van der Waals surface area contributed by atoms with Crippen molar-refractivity contribution in [2.75, 3.05) is 0 Å². The predicted molar refractivity (Wildman–Crippen MR) is 74.2 cm³/mol. The van der Waals surface area contributed by atoms with Crippen LogP contribution >= 0.6 is 0 Å². The number of hydrogen-bond donors (Lipinski definition) is 0. The standard InChI is InChI=1S/C14H14F3N3O2/c1-9(2)7-19-8-12(20(21)22)18-13(19)10-3-5-11(6-4-10)14(15,16)17/h3-6,8-9H,7H2,1-2H3. The van der Waals surface area contributed by atoms with Crippen molar-refractivity contribution in [3.05, 3.63) is 46.1 Å². The summed E-state index contributed by atoms with van der Waals surface area (Å²) in [6.07, 6.45) is -3.12. The number of nitrogens with zero attached hydrogens (tertiary/aromatic N) is 3. The Hall–Kier alpha value is -2.38. The first kappa shape index (κ1) is 16.0. The van der Waals surface area contributed by atoms with Crippen LogP contribution in [0.1, 0.15) is 19.4 Å². The van der Waals surface area contributed by atoms with E-state index in [0.717, 1.165) is 12.1 Å². The Morgan fingerprint density at radius 2 is 1.86 bits per heavy atom. The summed E-state index contributed by atoms with van der Waals surface area (Å²) in [5.74, 6) is 0.173. The molecule has 0 aliphatic carbocycles. The van der Waals surface area contributed by atoms with Crippen LogP contribution in [-0.4, -0.2) is 14.5 Å². The van der Waals surface area contributed by atoms with Gasteiger partial charge in [0.15, 0.2) is 0 Å². The van der Waals surface area contributed by atoms with Crippen LogP contribution in [-0.2, 0) is 12.7 Å². The maximum Gasteiger partial charge on any atom is 0.416 e. The number of benzene rings is 1. The van der Waals surface area contributed by atoms with Crippen molar-refractivity contribution in [2.45, 2.75) is 26.6 Å². The quantitative estimate of drug-likeness (QED) is 0.630. The first-order valence-electron chi connectivity index (χ1n) is 6.57. The molecule has 0 bridgehead atoms. The molecule has 0 saturated heterocycles. The minimum atomic E-state index is -4.42. The van der Waals surface area contributed by atoms with Crippen LogP contribution in [0.3, 0.4) is 0 Å². The van der Waals surface area contributed by atoms with E-state index in [4.69, 9.17) is 0 Å². The second kappa shape index (κ2) is 5.78. The van der Waals surface area contributed by atoms with Crippen molar-refractivity contribution < 1.29 is 18.1 Å². The molecule has 2 aromatic rings. The minimum Gasteiger partial charge on any atom is -0.358 e. The maximum absolute atomic E-state index is 12.6. The molecule has 0 N–H and O–H groups in total. The molecule has 0 aliphatic heterocycles. The lowest BCUT2D eigenvalue weighted by Gasteiger charge is -2.09. The van der Waals surface area contributed by atoms with Gasteiger partial charge in [-0.15, -0.1) is 0 Å². The second-order valence-corrected chi connectivity index (χ2v) is 5.30. The van der Waals surface area contributed by atoms with E-state index in [-0.39, 0.29) is 17.6 Å². The monoisotopic (exact) mass is 313 g/mol. The third-order valence-corrected chi connectivity index (χ3v) is 2.98. The van der Waals surface area contributed by atoms with Gasteiger partial charge in [0.05, 0.1) is 5.56 Å². The number of alkyl halides is 3. The lowest BCUT2D eigenvalue weighted by atomic mass is 10.1. The van der Waals surface area contributed by atoms with Gasteiger partial charge in [0.2, 0.25) is 0 Å². The van der Waals surface area contributed by atoms with E-state index in [1.54, 1.807) is 4.57 Å². The molecule has 0 atom stereocenters. The smallest absolute Gasteiger partial charge is 0.358 e. The molecule has 8 heteroatoms. The molecular weight excluding hydrogens is 299 g/mol. The van der Waals surface area contributed by atoms with E-state index in [1.165, 1.54) is 18.3 Å².